The molecule has 4 N–H and O–H groups in total. The molecule has 5 heteroatoms. The van der Waals surface area contributed by atoms with Gasteiger partial charge in [-0.15, -0.1) is 0 Å². The van der Waals surface area contributed by atoms with E-state index < -0.39 is 0 Å². The second-order valence-electron chi connectivity index (χ2n) is 5.86. The number of hydrogen-bond donors (Lipinski definition) is 3. The third-order valence-corrected chi connectivity index (χ3v) is 3.18. The lowest BCUT2D eigenvalue weighted by Crippen LogP contribution is -2.15. The van der Waals surface area contributed by atoms with Gasteiger partial charge in [-0.2, -0.15) is 0 Å². The van der Waals surface area contributed by atoms with Gasteiger partial charge in [0.25, 0.3) is 5.91 Å². The third kappa shape index (κ3) is 3.79. The molecule has 1 heterocycles. The first-order valence-corrected chi connectivity index (χ1v) is 6.75. The lowest BCUT2D eigenvalue weighted by Gasteiger charge is -2.19. The van der Waals surface area contributed by atoms with Gasteiger partial charge in [0.2, 0.25) is 0 Å². The zero-order valence-corrected chi connectivity index (χ0v) is 12.5. The number of pyridine rings is 1. The lowest BCUT2D eigenvalue weighted by molar-refractivity contribution is 0.102. The van der Waals surface area contributed by atoms with Crippen LogP contribution in [0.25, 0.3) is 0 Å². The first kappa shape index (κ1) is 15.0. The maximum absolute atomic E-state index is 12.2. The van der Waals surface area contributed by atoms with Crippen molar-refractivity contribution in [2.75, 3.05) is 10.7 Å². The van der Waals surface area contributed by atoms with Crippen LogP contribution >= 0.6 is 0 Å². The molecule has 110 valence electrons. The SMILES string of the molecule is CC(C)(C)c1ccc(NC(=O)c2ccnc(NN)c2)cc1. The molecule has 0 atom stereocenters. The number of amides is 1. The van der Waals surface area contributed by atoms with Gasteiger partial charge in [0.05, 0.1) is 0 Å². The van der Waals surface area contributed by atoms with Crippen molar-refractivity contribution in [3.63, 3.8) is 0 Å². The summed E-state index contributed by atoms with van der Waals surface area (Å²) in [6, 6.07) is 11.1. The molecule has 21 heavy (non-hydrogen) atoms. The summed E-state index contributed by atoms with van der Waals surface area (Å²) >= 11 is 0. The minimum absolute atomic E-state index is 0.0926. The molecule has 1 aromatic heterocycles. The fraction of sp³-hybridized carbons (Fsp3) is 0.250. The van der Waals surface area contributed by atoms with E-state index in [2.05, 4.69) is 36.5 Å². The van der Waals surface area contributed by atoms with Gasteiger partial charge in [-0.25, -0.2) is 10.8 Å². The normalized spacial score (nSPS) is 11.0. The number of nitrogen functional groups attached to an aromatic ring is 1. The molecule has 0 aliphatic rings. The van der Waals surface area contributed by atoms with Gasteiger partial charge in [0.15, 0.2) is 0 Å². The highest BCUT2D eigenvalue weighted by Gasteiger charge is 2.13. The van der Waals surface area contributed by atoms with Crippen molar-refractivity contribution in [3.8, 4) is 0 Å². The van der Waals surface area contributed by atoms with Crippen LogP contribution in [0.1, 0.15) is 36.7 Å². The van der Waals surface area contributed by atoms with Gasteiger partial charge in [-0.05, 0) is 35.2 Å². The number of hydrogen-bond acceptors (Lipinski definition) is 4. The Labute approximate surface area is 124 Å². The first-order valence-electron chi connectivity index (χ1n) is 6.75. The number of nitrogens with two attached hydrogens (primary N) is 1. The highest BCUT2D eigenvalue weighted by Crippen LogP contribution is 2.23. The zero-order chi connectivity index (χ0) is 15.5. The Balaban J connectivity index is 2.12. The zero-order valence-electron chi connectivity index (χ0n) is 12.5. The molecular formula is C16H20N4O. The van der Waals surface area contributed by atoms with Crippen LogP contribution in [0.4, 0.5) is 11.5 Å². The molecule has 0 bridgehead atoms. The van der Waals surface area contributed by atoms with Crippen LogP contribution in [0.15, 0.2) is 42.6 Å². The highest BCUT2D eigenvalue weighted by molar-refractivity contribution is 6.04. The van der Waals surface area contributed by atoms with Crippen molar-refractivity contribution in [2.24, 2.45) is 5.84 Å². The fourth-order valence-electron chi connectivity index (χ4n) is 1.91. The average molecular weight is 284 g/mol. The molecule has 2 aromatic rings. The summed E-state index contributed by atoms with van der Waals surface area (Å²) in [6.07, 6.45) is 1.53. The molecule has 0 unspecified atom stereocenters. The van der Waals surface area contributed by atoms with Gasteiger partial charge in [-0.3, -0.25) is 4.79 Å². The molecule has 0 aliphatic heterocycles. The van der Waals surface area contributed by atoms with Crippen LogP contribution in [0.5, 0.6) is 0 Å². The largest absolute Gasteiger partial charge is 0.322 e. The Bertz CT molecular complexity index is 629. The van der Waals surface area contributed by atoms with E-state index in [-0.39, 0.29) is 11.3 Å². The molecule has 0 saturated heterocycles. The molecule has 0 fully saturated rings. The molecule has 0 radical (unpaired) electrons. The van der Waals surface area contributed by atoms with Crippen molar-refractivity contribution >= 4 is 17.4 Å². The van der Waals surface area contributed by atoms with Crippen LogP contribution < -0.4 is 16.6 Å². The monoisotopic (exact) mass is 284 g/mol. The van der Waals surface area contributed by atoms with E-state index >= 15 is 0 Å². The third-order valence-electron chi connectivity index (χ3n) is 3.18. The van der Waals surface area contributed by atoms with E-state index in [0.29, 0.717) is 11.4 Å². The molecule has 1 amide bonds. The summed E-state index contributed by atoms with van der Waals surface area (Å²) in [5.74, 6) is 5.54. The van der Waals surface area contributed by atoms with Crippen LogP contribution in [-0.2, 0) is 5.41 Å². The number of carbonyl (C=O) groups excluding carboxylic acids is 1. The fourth-order valence-corrected chi connectivity index (χ4v) is 1.91. The van der Waals surface area contributed by atoms with E-state index in [4.69, 9.17) is 5.84 Å². The minimum Gasteiger partial charge on any atom is -0.322 e. The van der Waals surface area contributed by atoms with Gasteiger partial charge >= 0.3 is 0 Å². The van der Waals surface area contributed by atoms with Crippen molar-refractivity contribution in [2.45, 2.75) is 26.2 Å². The highest BCUT2D eigenvalue weighted by atomic mass is 16.1. The van der Waals surface area contributed by atoms with Crippen molar-refractivity contribution in [1.29, 1.82) is 0 Å². The average Bonchev–Trinajstić information content (AvgIpc) is 2.47. The van der Waals surface area contributed by atoms with Crippen molar-refractivity contribution in [1.82, 2.24) is 4.98 Å². The maximum Gasteiger partial charge on any atom is 0.255 e. The summed E-state index contributed by atoms with van der Waals surface area (Å²) in [5, 5.41) is 2.85. The minimum atomic E-state index is -0.197. The number of rotatable bonds is 3. The van der Waals surface area contributed by atoms with E-state index in [0.717, 1.165) is 5.69 Å². The molecule has 0 saturated carbocycles. The lowest BCUT2D eigenvalue weighted by atomic mass is 9.87. The molecular weight excluding hydrogens is 264 g/mol. The van der Waals surface area contributed by atoms with E-state index in [1.807, 2.05) is 24.3 Å². The Kier molecular flexibility index (Phi) is 4.23. The second kappa shape index (κ2) is 5.93. The molecule has 0 spiro atoms. The Morgan fingerprint density at radius 3 is 2.38 bits per heavy atom. The first-order chi connectivity index (χ1) is 9.90. The van der Waals surface area contributed by atoms with Crippen LogP contribution in [0.2, 0.25) is 0 Å². The van der Waals surface area contributed by atoms with Crippen LogP contribution in [0, 0.1) is 0 Å². The molecule has 2 rings (SSSR count). The number of benzene rings is 1. The molecule has 0 aliphatic carbocycles. The van der Waals surface area contributed by atoms with Gasteiger partial charge in [0.1, 0.15) is 5.82 Å². The number of anilines is 2. The maximum atomic E-state index is 12.2. The number of carbonyl (C=O) groups is 1. The number of aromatic nitrogens is 1. The summed E-state index contributed by atoms with van der Waals surface area (Å²) in [5.41, 5.74) is 4.99. The van der Waals surface area contributed by atoms with E-state index in [9.17, 15) is 4.79 Å². The topological polar surface area (TPSA) is 80.0 Å². The van der Waals surface area contributed by atoms with E-state index in [1.54, 1.807) is 12.1 Å². The summed E-state index contributed by atoms with van der Waals surface area (Å²) in [6.45, 7) is 6.46. The van der Waals surface area contributed by atoms with Crippen molar-refractivity contribution in [3.05, 3.63) is 53.7 Å². The number of hydrazine groups is 1. The predicted octanol–water partition coefficient (Wildman–Crippen LogP) is 2.92. The van der Waals surface area contributed by atoms with Gasteiger partial charge in [-0.1, -0.05) is 32.9 Å². The number of nitrogens with one attached hydrogen (secondary N) is 2. The van der Waals surface area contributed by atoms with Crippen LogP contribution in [-0.4, -0.2) is 10.9 Å². The van der Waals surface area contributed by atoms with Gasteiger partial charge in [0, 0.05) is 17.4 Å². The molecule has 5 nitrogen and oxygen atoms in total. The standard InChI is InChI=1S/C16H20N4O/c1-16(2,3)12-4-6-13(7-5-12)19-15(21)11-8-9-18-14(10-11)20-17/h4-10H,17H2,1-3H3,(H,18,20)(H,19,21). The van der Waals surface area contributed by atoms with E-state index in [1.165, 1.54) is 11.8 Å². The number of nitrogens with zero attached hydrogens (tertiary/aromatic N) is 1. The second-order valence-corrected chi connectivity index (χ2v) is 5.86. The van der Waals surface area contributed by atoms with Gasteiger partial charge < -0.3 is 10.7 Å². The summed E-state index contributed by atoms with van der Waals surface area (Å²) < 4.78 is 0. The Morgan fingerprint density at radius 1 is 1.14 bits per heavy atom. The van der Waals surface area contributed by atoms with Crippen LogP contribution in [0.3, 0.4) is 0 Å². The summed E-state index contributed by atoms with van der Waals surface area (Å²) in [7, 11) is 0. The quantitative estimate of drug-likeness (QED) is 0.598. The molecule has 1 aromatic carbocycles. The smallest absolute Gasteiger partial charge is 0.255 e. The summed E-state index contributed by atoms with van der Waals surface area (Å²) in [4.78, 5) is 16.1. The Morgan fingerprint density at radius 2 is 1.81 bits per heavy atom. The van der Waals surface area contributed by atoms with Crippen molar-refractivity contribution < 1.29 is 4.79 Å². The Hall–Kier alpha value is -2.40. The predicted molar refractivity (Wildman–Crippen MR) is 85.1 cm³/mol.